The van der Waals surface area contributed by atoms with Crippen molar-refractivity contribution in [3.8, 4) is 11.5 Å². The van der Waals surface area contributed by atoms with Crippen molar-refractivity contribution >= 4 is 11.6 Å². The van der Waals surface area contributed by atoms with Crippen LogP contribution in [-0.2, 0) is 20.6 Å². The van der Waals surface area contributed by atoms with E-state index >= 15 is 0 Å². The van der Waals surface area contributed by atoms with Gasteiger partial charge in [-0.25, -0.2) is 9.97 Å². The molecule has 0 radical (unpaired) electrons. The number of nitrogens with zero attached hydrogens (tertiary/aromatic N) is 7. The Morgan fingerprint density at radius 3 is 2.77 bits per heavy atom. The maximum atomic E-state index is 12.7. The standard InChI is InChI=1S/C21H23N9O/c1-14(17-8-10-29(2)28-17)25-21(31)15-5-4-6-16(11-15)23-12-19-26-27-20(30(19)3)18-7-9-22-13-24-18/h4-11,13-14,23H,12H2,1-3H3,(H,25,31). The number of carbonyl (C=O) groups excluding carboxylic acids is 1. The van der Waals surface area contributed by atoms with E-state index in [1.807, 2.05) is 56.0 Å². The Kier molecular flexibility index (Phi) is 5.69. The molecule has 0 fully saturated rings. The molecule has 2 N–H and O–H groups in total. The minimum absolute atomic E-state index is 0.161. The minimum Gasteiger partial charge on any atom is -0.378 e. The van der Waals surface area contributed by atoms with Crippen LogP contribution in [0.3, 0.4) is 0 Å². The number of aromatic nitrogens is 7. The van der Waals surface area contributed by atoms with Crippen molar-refractivity contribution in [1.29, 1.82) is 0 Å². The first-order chi connectivity index (χ1) is 15.0. The fourth-order valence-corrected chi connectivity index (χ4v) is 3.13. The SMILES string of the molecule is CC(NC(=O)c1cccc(NCc2nnc(-c3ccncn3)n2C)c1)c1ccn(C)n1. The summed E-state index contributed by atoms with van der Waals surface area (Å²) in [7, 11) is 3.73. The molecule has 1 amide bonds. The number of nitrogens with one attached hydrogen (secondary N) is 2. The molecule has 10 heteroatoms. The molecule has 1 unspecified atom stereocenters. The van der Waals surface area contributed by atoms with E-state index in [1.54, 1.807) is 23.0 Å². The molecule has 1 atom stereocenters. The zero-order valence-corrected chi connectivity index (χ0v) is 17.5. The first kappa shape index (κ1) is 20.2. The van der Waals surface area contributed by atoms with Gasteiger partial charge in [-0.05, 0) is 37.3 Å². The number of amides is 1. The lowest BCUT2D eigenvalue weighted by Gasteiger charge is -2.13. The molecule has 3 heterocycles. The Hall–Kier alpha value is -4.08. The zero-order chi connectivity index (χ0) is 21.8. The van der Waals surface area contributed by atoms with Gasteiger partial charge in [-0.15, -0.1) is 10.2 Å². The first-order valence-electron chi connectivity index (χ1n) is 9.80. The monoisotopic (exact) mass is 417 g/mol. The average Bonchev–Trinajstić information content (AvgIpc) is 3.38. The van der Waals surface area contributed by atoms with Gasteiger partial charge >= 0.3 is 0 Å². The molecule has 31 heavy (non-hydrogen) atoms. The Morgan fingerprint density at radius 2 is 2.03 bits per heavy atom. The van der Waals surface area contributed by atoms with Crippen LogP contribution in [0.1, 0.15) is 34.8 Å². The Labute approximate surface area is 179 Å². The lowest BCUT2D eigenvalue weighted by atomic mass is 10.1. The van der Waals surface area contributed by atoms with Crippen LogP contribution in [0.2, 0.25) is 0 Å². The molecular weight excluding hydrogens is 394 g/mol. The van der Waals surface area contributed by atoms with Crippen LogP contribution in [0.5, 0.6) is 0 Å². The topological polar surface area (TPSA) is 115 Å². The zero-order valence-electron chi connectivity index (χ0n) is 17.5. The second-order valence-electron chi connectivity index (χ2n) is 7.14. The minimum atomic E-state index is -0.191. The molecule has 0 saturated carbocycles. The number of hydrogen-bond donors (Lipinski definition) is 2. The highest BCUT2D eigenvalue weighted by atomic mass is 16.1. The second kappa shape index (κ2) is 8.74. The van der Waals surface area contributed by atoms with E-state index in [9.17, 15) is 4.79 Å². The number of benzene rings is 1. The van der Waals surface area contributed by atoms with Crippen LogP contribution in [0.4, 0.5) is 5.69 Å². The third-order valence-electron chi connectivity index (χ3n) is 4.88. The van der Waals surface area contributed by atoms with Crippen molar-refractivity contribution in [2.75, 3.05) is 5.32 Å². The molecular formula is C21H23N9O. The maximum Gasteiger partial charge on any atom is 0.251 e. The molecule has 0 aliphatic rings. The highest BCUT2D eigenvalue weighted by Gasteiger charge is 2.15. The summed E-state index contributed by atoms with van der Waals surface area (Å²) >= 11 is 0. The normalized spacial score (nSPS) is 11.8. The molecule has 0 bridgehead atoms. The fraction of sp³-hybridized carbons (Fsp3) is 0.238. The van der Waals surface area contributed by atoms with Crippen molar-refractivity contribution in [2.45, 2.75) is 19.5 Å². The highest BCUT2D eigenvalue weighted by Crippen LogP contribution is 2.16. The van der Waals surface area contributed by atoms with Crippen molar-refractivity contribution in [2.24, 2.45) is 14.1 Å². The van der Waals surface area contributed by atoms with Crippen LogP contribution in [-0.4, -0.2) is 40.4 Å². The van der Waals surface area contributed by atoms with E-state index in [0.29, 0.717) is 23.6 Å². The van der Waals surface area contributed by atoms with E-state index in [1.165, 1.54) is 6.33 Å². The predicted octanol–water partition coefficient (Wildman–Crippen LogP) is 2.11. The molecule has 0 aliphatic heterocycles. The molecule has 0 aliphatic carbocycles. The van der Waals surface area contributed by atoms with Crippen LogP contribution >= 0.6 is 0 Å². The van der Waals surface area contributed by atoms with Crippen LogP contribution in [0.15, 0.2) is 55.1 Å². The van der Waals surface area contributed by atoms with E-state index in [-0.39, 0.29) is 11.9 Å². The lowest BCUT2D eigenvalue weighted by Crippen LogP contribution is -2.27. The number of anilines is 1. The molecule has 158 valence electrons. The molecule has 0 saturated heterocycles. The number of hydrogen-bond acceptors (Lipinski definition) is 7. The smallest absolute Gasteiger partial charge is 0.251 e. The van der Waals surface area contributed by atoms with Crippen molar-refractivity contribution in [3.05, 3.63) is 72.2 Å². The quantitative estimate of drug-likeness (QED) is 0.473. The van der Waals surface area contributed by atoms with Gasteiger partial charge in [0.1, 0.15) is 12.0 Å². The first-order valence-corrected chi connectivity index (χ1v) is 9.80. The summed E-state index contributed by atoms with van der Waals surface area (Å²) in [6.45, 7) is 2.36. The van der Waals surface area contributed by atoms with Gasteiger partial charge in [-0.3, -0.25) is 9.48 Å². The van der Waals surface area contributed by atoms with Crippen molar-refractivity contribution in [1.82, 2.24) is 39.8 Å². The Morgan fingerprint density at radius 1 is 1.16 bits per heavy atom. The van der Waals surface area contributed by atoms with E-state index < -0.39 is 0 Å². The van der Waals surface area contributed by atoms with Gasteiger partial charge in [0.05, 0.1) is 18.3 Å². The third kappa shape index (κ3) is 4.58. The number of carbonyl (C=O) groups is 1. The highest BCUT2D eigenvalue weighted by molar-refractivity contribution is 5.95. The summed E-state index contributed by atoms with van der Waals surface area (Å²) < 4.78 is 3.59. The summed E-state index contributed by atoms with van der Waals surface area (Å²) in [5.74, 6) is 1.24. The number of aryl methyl sites for hydroxylation is 1. The Bertz CT molecular complexity index is 1180. The van der Waals surface area contributed by atoms with Crippen LogP contribution in [0, 0.1) is 0 Å². The molecule has 1 aromatic carbocycles. The Balaban J connectivity index is 1.41. The molecule has 4 aromatic rings. The third-order valence-corrected chi connectivity index (χ3v) is 4.88. The predicted molar refractivity (Wildman–Crippen MR) is 115 cm³/mol. The summed E-state index contributed by atoms with van der Waals surface area (Å²) in [6, 6.07) is 10.8. The van der Waals surface area contributed by atoms with Gasteiger partial charge in [0.15, 0.2) is 11.6 Å². The van der Waals surface area contributed by atoms with Gasteiger partial charge in [0.2, 0.25) is 0 Å². The van der Waals surface area contributed by atoms with E-state index in [4.69, 9.17) is 0 Å². The second-order valence-corrected chi connectivity index (χ2v) is 7.14. The molecule has 4 rings (SSSR count). The molecule has 3 aromatic heterocycles. The van der Waals surface area contributed by atoms with E-state index in [2.05, 4.69) is 35.9 Å². The van der Waals surface area contributed by atoms with Gasteiger partial charge in [-0.1, -0.05) is 6.07 Å². The fourth-order valence-electron chi connectivity index (χ4n) is 3.13. The molecule has 10 nitrogen and oxygen atoms in total. The van der Waals surface area contributed by atoms with Crippen LogP contribution < -0.4 is 10.6 Å². The number of rotatable bonds is 7. The van der Waals surface area contributed by atoms with E-state index in [0.717, 1.165) is 17.2 Å². The lowest BCUT2D eigenvalue weighted by molar-refractivity contribution is 0.0939. The van der Waals surface area contributed by atoms with Crippen molar-refractivity contribution in [3.63, 3.8) is 0 Å². The van der Waals surface area contributed by atoms with Crippen molar-refractivity contribution < 1.29 is 4.79 Å². The van der Waals surface area contributed by atoms with Crippen LogP contribution in [0.25, 0.3) is 11.5 Å². The maximum absolute atomic E-state index is 12.7. The van der Waals surface area contributed by atoms with Gasteiger partial charge in [0.25, 0.3) is 5.91 Å². The van der Waals surface area contributed by atoms with Gasteiger partial charge < -0.3 is 15.2 Å². The van der Waals surface area contributed by atoms with Gasteiger partial charge in [0, 0.05) is 37.7 Å². The largest absolute Gasteiger partial charge is 0.378 e. The average molecular weight is 417 g/mol. The van der Waals surface area contributed by atoms with Gasteiger partial charge in [-0.2, -0.15) is 5.10 Å². The summed E-state index contributed by atoms with van der Waals surface area (Å²) in [4.78, 5) is 20.8. The summed E-state index contributed by atoms with van der Waals surface area (Å²) in [5, 5.41) is 19.1. The summed E-state index contributed by atoms with van der Waals surface area (Å²) in [5.41, 5.74) is 2.89. The summed E-state index contributed by atoms with van der Waals surface area (Å²) in [6.07, 6.45) is 5.00. The molecule has 0 spiro atoms.